The molecule has 1 heterocycles. The second-order valence-electron chi connectivity index (χ2n) is 5.19. The highest BCUT2D eigenvalue weighted by Crippen LogP contribution is 2.24. The normalized spacial score (nSPS) is 10.6. The fourth-order valence-electron chi connectivity index (χ4n) is 2.09. The van der Waals surface area contributed by atoms with Gasteiger partial charge in [0.05, 0.1) is 5.56 Å². The Kier molecular flexibility index (Phi) is 5.21. The van der Waals surface area contributed by atoms with E-state index in [1.54, 1.807) is 6.07 Å². The van der Waals surface area contributed by atoms with Crippen molar-refractivity contribution in [1.29, 1.82) is 0 Å². The van der Waals surface area contributed by atoms with Crippen LogP contribution in [0.15, 0.2) is 53.1 Å². The number of esters is 1. The van der Waals surface area contributed by atoms with Crippen molar-refractivity contribution in [2.75, 3.05) is 6.61 Å². The molecule has 8 heteroatoms. The van der Waals surface area contributed by atoms with Crippen molar-refractivity contribution >= 4 is 5.97 Å². The zero-order valence-electron chi connectivity index (χ0n) is 13.2. The third-order valence-corrected chi connectivity index (χ3v) is 3.32. The topological polar surface area (TPSA) is 61.6 Å². The Morgan fingerprint density at radius 1 is 1.04 bits per heavy atom. The van der Waals surface area contributed by atoms with Crippen LogP contribution in [0.5, 0.6) is 5.75 Å². The van der Waals surface area contributed by atoms with E-state index in [1.807, 2.05) is 0 Å². The van der Waals surface area contributed by atoms with Crippen LogP contribution in [-0.4, -0.2) is 17.7 Å². The summed E-state index contributed by atoms with van der Waals surface area (Å²) >= 11 is 0. The van der Waals surface area contributed by atoms with Crippen molar-refractivity contribution in [1.82, 2.24) is 5.16 Å². The minimum Gasteiger partial charge on any atom is -0.479 e. The molecule has 0 N–H and O–H groups in total. The molecule has 0 amide bonds. The predicted molar refractivity (Wildman–Crippen MR) is 83.5 cm³/mol. The van der Waals surface area contributed by atoms with Crippen LogP contribution in [0.1, 0.15) is 5.69 Å². The number of carbonyl (C=O) groups is 1. The lowest BCUT2D eigenvalue weighted by Gasteiger charge is -2.06. The molecule has 0 unspecified atom stereocenters. The first-order valence-corrected chi connectivity index (χ1v) is 7.47. The van der Waals surface area contributed by atoms with Crippen LogP contribution in [0.3, 0.4) is 0 Å². The van der Waals surface area contributed by atoms with Gasteiger partial charge in [-0.2, -0.15) is 0 Å². The standard InChI is InChI=1S/C18H12F3NO4/c19-11-5-6-13(15(21)7-11)17-8-12(22-26-17)9-25-18(23)10-24-16-4-2-1-3-14(16)20/h1-8H,9-10H2. The van der Waals surface area contributed by atoms with E-state index < -0.39 is 30.0 Å². The van der Waals surface area contributed by atoms with Gasteiger partial charge in [-0.05, 0) is 24.3 Å². The number of aromatic nitrogens is 1. The molecule has 0 bridgehead atoms. The summed E-state index contributed by atoms with van der Waals surface area (Å²) in [4.78, 5) is 11.6. The molecule has 134 valence electrons. The van der Waals surface area contributed by atoms with Crippen molar-refractivity contribution in [3.05, 3.63) is 71.7 Å². The van der Waals surface area contributed by atoms with Crippen molar-refractivity contribution in [2.24, 2.45) is 0 Å². The van der Waals surface area contributed by atoms with Crippen LogP contribution in [0.25, 0.3) is 11.3 Å². The summed E-state index contributed by atoms with van der Waals surface area (Å²) in [5.41, 5.74) is 0.252. The van der Waals surface area contributed by atoms with Gasteiger partial charge in [-0.3, -0.25) is 0 Å². The summed E-state index contributed by atoms with van der Waals surface area (Å²) in [6.45, 7) is -0.732. The molecule has 0 saturated carbocycles. The van der Waals surface area contributed by atoms with E-state index in [0.29, 0.717) is 0 Å². The number of hydrogen-bond donors (Lipinski definition) is 0. The van der Waals surface area contributed by atoms with Crippen molar-refractivity contribution in [2.45, 2.75) is 6.61 Å². The maximum Gasteiger partial charge on any atom is 0.344 e. The van der Waals surface area contributed by atoms with E-state index in [4.69, 9.17) is 14.0 Å². The Morgan fingerprint density at radius 2 is 1.85 bits per heavy atom. The largest absolute Gasteiger partial charge is 0.479 e. The van der Waals surface area contributed by atoms with Gasteiger partial charge in [-0.15, -0.1) is 0 Å². The molecule has 0 spiro atoms. The number of halogens is 3. The number of rotatable bonds is 6. The summed E-state index contributed by atoms with van der Waals surface area (Å²) in [5.74, 6) is -2.86. The summed E-state index contributed by atoms with van der Waals surface area (Å²) in [5, 5.41) is 3.65. The van der Waals surface area contributed by atoms with E-state index in [9.17, 15) is 18.0 Å². The molecule has 0 atom stereocenters. The minimum absolute atomic E-state index is 0.0272. The molecule has 26 heavy (non-hydrogen) atoms. The van der Waals surface area contributed by atoms with E-state index in [2.05, 4.69) is 5.16 Å². The number of hydrogen-bond acceptors (Lipinski definition) is 5. The third-order valence-electron chi connectivity index (χ3n) is 3.32. The van der Waals surface area contributed by atoms with Gasteiger partial charge in [0.1, 0.15) is 23.9 Å². The summed E-state index contributed by atoms with van der Waals surface area (Å²) in [7, 11) is 0. The van der Waals surface area contributed by atoms with Crippen LogP contribution in [-0.2, 0) is 16.1 Å². The summed E-state index contributed by atoms with van der Waals surface area (Å²) in [6, 6.07) is 10.0. The van der Waals surface area contributed by atoms with Gasteiger partial charge in [-0.1, -0.05) is 17.3 Å². The molecule has 0 fully saturated rings. The average Bonchev–Trinajstić information content (AvgIpc) is 3.08. The van der Waals surface area contributed by atoms with Gasteiger partial charge in [0.25, 0.3) is 0 Å². The Hall–Kier alpha value is -3.29. The molecule has 2 aromatic carbocycles. The van der Waals surface area contributed by atoms with Gasteiger partial charge < -0.3 is 14.0 Å². The van der Waals surface area contributed by atoms with E-state index in [1.165, 1.54) is 30.3 Å². The third kappa shape index (κ3) is 4.21. The van der Waals surface area contributed by atoms with Crippen LogP contribution in [0, 0.1) is 17.5 Å². The molecule has 3 aromatic rings. The monoisotopic (exact) mass is 363 g/mol. The molecule has 0 saturated heterocycles. The molecule has 0 aliphatic heterocycles. The molecular weight excluding hydrogens is 351 g/mol. The second kappa shape index (κ2) is 7.73. The molecule has 0 aliphatic carbocycles. The SMILES string of the molecule is O=C(COc1ccccc1F)OCc1cc(-c2ccc(F)cc2F)on1. The number of nitrogens with zero attached hydrogens (tertiary/aromatic N) is 1. The lowest BCUT2D eigenvalue weighted by molar-refractivity contribution is -0.147. The van der Waals surface area contributed by atoms with E-state index in [0.717, 1.165) is 12.1 Å². The Labute approximate surface area is 145 Å². The van der Waals surface area contributed by atoms with Crippen LogP contribution in [0.4, 0.5) is 13.2 Å². The van der Waals surface area contributed by atoms with Crippen LogP contribution in [0.2, 0.25) is 0 Å². The van der Waals surface area contributed by atoms with Gasteiger partial charge in [0.2, 0.25) is 0 Å². The molecule has 1 aromatic heterocycles. The molecular formula is C18H12F3NO4. The Bertz CT molecular complexity index is 926. The zero-order chi connectivity index (χ0) is 18.5. The summed E-state index contributed by atoms with van der Waals surface area (Å²) in [6.07, 6.45) is 0. The predicted octanol–water partition coefficient (Wildman–Crippen LogP) is 3.88. The van der Waals surface area contributed by atoms with Crippen molar-refractivity contribution in [3.8, 4) is 17.1 Å². The van der Waals surface area contributed by atoms with Gasteiger partial charge >= 0.3 is 5.97 Å². The molecule has 0 aliphatic rings. The highest BCUT2D eigenvalue weighted by Gasteiger charge is 2.14. The quantitative estimate of drug-likeness (QED) is 0.622. The highest BCUT2D eigenvalue weighted by molar-refractivity contribution is 5.71. The van der Waals surface area contributed by atoms with E-state index in [-0.39, 0.29) is 29.4 Å². The zero-order valence-corrected chi connectivity index (χ0v) is 13.2. The first kappa shape index (κ1) is 17.5. The first-order valence-electron chi connectivity index (χ1n) is 7.47. The first-order chi connectivity index (χ1) is 12.5. The Morgan fingerprint density at radius 3 is 2.62 bits per heavy atom. The van der Waals surface area contributed by atoms with Gasteiger partial charge in [-0.25, -0.2) is 18.0 Å². The lowest BCUT2D eigenvalue weighted by atomic mass is 10.1. The fraction of sp³-hybridized carbons (Fsp3) is 0.111. The number of carbonyl (C=O) groups excluding carboxylic acids is 1. The average molecular weight is 363 g/mol. The van der Waals surface area contributed by atoms with E-state index >= 15 is 0 Å². The maximum atomic E-state index is 13.7. The lowest BCUT2D eigenvalue weighted by Crippen LogP contribution is -2.15. The Balaban J connectivity index is 1.54. The van der Waals surface area contributed by atoms with Crippen LogP contribution >= 0.6 is 0 Å². The highest BCUT2D eigenvalue weighted by atomic mass is 19.1. The molecule has 0 radical (unpaired) electrons. The van der Waals surface area contributed by atoms with Gasteiger partial charge in [0, 0.05) is 12.1 Å². The number of ether oxygens (including phenoxy) is 2. The smallest absolute Gasteiger partial charge is 0.344 e. The molecule has 3 rings (SSSR count). The summed E-state index contributed by atoms with van der Waals surface area (Å²) < 4.78 is 54.9. The maximum absolute atomic E-state index is 13.7. The number of benzene rings is 2. The van der Waals surface area contributed by atoms with Crippen LogP contribution < -0.4 is 4.74 Å². The second-order valence-corrected chi connectivity index (χ2v) is 5.19. The van der Waals surface area contributed by atoms with Crippen molar-refractivity contribution in [3.63, 3.8) is 0 Å². The number of para-hydroxylation sites is 1. The fourth-order valence-corrected chi connectivity index (χ4v) is 2.09. The van der Waals surface area contributed by atoms with Crippen molar-refractivity contribution < 1.29 is 32.0 Å². The minimum atomic E-state index is -0.803. The van der Waals surface area contributed by atoms with Gasteiger partial charge in [0.15, 0.2) is 23.9 Å². The molecule has 5 nitrogen and oxygen atoms in total.